The maximum Gasteiger partial charge on any atom is 0.313 e. The molecule has 1 rings (SSSR count). The summed E-state index contributed by atoms with van der Waals surface area (Å²) in [5.41, 5.74) is 4.70. The van der Waals surface area contributed by atoms with E-state index < -0.39 is 22.1 Å². The molecule has 0 saturated heterocycles. The predicted molar refractivity (Wildman–Crippen MR) is 49.2 cm³/mol. The Kier molecular flexibility index (Phi) is 2.37. The van der Waals surface area contributed by atoms with Gasteiger partial charge in [0.05, 0.1) is 10.5 Å². The molecule has 74 valence electrons. The summed E-state index contributed by atoms with van der Waals surface area (Å²) in [6.07, 6.45) is 0. The van der Waals surface area contributed by atoms with Crippen molar-refractivity contribution >= 4 is 17.2 Å². The van der Waals surface area contributed by atoms with E-state index in [9.17, 15) is 20.0 Å². The Balaban J connectivity index is 3.47. The molecular formula is C8H8N2O4. The summed E-state index contributed by atoms with van der Waals surface area (Å²) in [5, 5.41) is 19.8. The first kappa shape index (κ1) is 9.97. The summed E-state index contributed by atoms with van der Waals surface area (Å²) in [6.45, 7) is 1.19. The van der Waals surface area contributed by atoms with Crippen molar-refractivity contribution in [1.82, 2.24) is 0 Å². The van der Waals surface area contributed by atoms with Gasteiger partial charge in [-0.25, -0.2) is 0 Å². The van der Waals surface area contributed by atoms with Crippen molar-refractivity contribution in [2.75, 3.05) is 5.73 Å². The first-order valence-electron chi connectivity index (χ1n) is 3.71. The second-order valence-corrected chi connectivity index (χ2v) is 2.75. The van der Waals surface area contributed by atoms with Crippen molar-refractivity contribution in [3.8, 4) is 5.75 Å². The number of hydrogen-bond acceptors (Lipinski definition) is 5. The Morgan fingerprint density at radius 3 is 2.57 bits per heavy atom. The Labute approximate surface area is 79.1 Å². The van der Waals surface area contributed by atoms with Gasteiger partial charge in [-0.3, -0.25) is 14.9 Å². The molecule has 0 amide bonds. The van der Waals surface area contributed by atoms with Crippen LogP contribution in [0.25, 0.3) is 0 Å². The fourth-order valence-electron chi connectivity index (χ4n) is 1.05. The second kappa shape index (κ2) is 3.33. The summed E-state index contributed by atoms with van der Waals surface area (Å²) in [4.78, 5) is 20.6. The molecule has 6 nitrogen and oxygen atoms in total. The number of nitrogen functional groups attached to an aromatic ring is 1. The Bertz CT molecular complexity index is 379. The molecule has 6 heteroatoms. The Morgan fingerprint density at radius 2 is 2.14 bits per heavy atom. The fraction of sp³-hybridized carbons (Fsp3) is 0.125. The number of benzene rings is 1. The monoisotopic (exact) mass is 196 g/mol. The molecule has 0 radical (unpaired) electrons. The van der Waals surface area contributed by atoms with Gasteiger partial charge in [0.2, 0.25) is 5.75 Å². The highest BCUT2D eigenvalue weighted by atomic mass is 16.6. The van der Waals surface area contributed by atoms with E-state index in [1.807, 2.05) is 0 Å². The quantitative estimate of drug-likeness (QED) is 0.242. The maximum absolute atomic E-state index is 11.0. The smallest absolute Gasteiger partial charge is 0.313 e. The van der Waals surface area contributed by atoms with E-state index in [1.165, 1.54) is 13.0 Å². The molecule has 0 unspecified atom stereocenters. The number of rotatable bonds is 2. The topological polar surface area (TPSA) is 106 Å². The van der Waals surface area contributed by atoms with Gasteiger partial charge in [-0.2, -0.15) is 0 Å². The molecule has 0 fully saturated rings. The molecule has 0 aliphatic heterocycles. The van der Waals surface area contributed by atoms with E-state index in [1.54, 1.807) is 0 Å². The lowest BCUT2D eigenvalue weighted by Crippen LogP contribution is -1.99. The molecule has 14 heavy (non-hydrogen) atoms. The first-order valence-corrected chi connectivity index (χ1v) is 3.71. The minimum absolute atomic E-state index is 0.0692. The number of nitro benzene ring substituents is 1. The Hall–Kier alpha value is -2.11. The van der Waals surface area contributed by atoms with Crippen LogP contribution in [0.3, 0.4) is 0 Å². The third-order valence-electron chi connectivity index (χ3n) is 1.69. The van der Waals surface area contributed by atoms with Crippen LogP contribution in [0.5, 0.6) is 5.75 Å². The summed E-state index contributed by atoms with van der Waals surface area (Å²) < 4.78 is 0. The van der Waals surface area contributed by atoms with Crippen LogP contribution in [-0.4, -0.2) is 15.8 Å². The highest BCUT2D eigenvalue weighted by molar-refractivity contribution is 5.99. The van der Waals surface area contributed by atoms with Gasteiger partial charge in [0.15, 0.2) is 5.78 Å². The van der Waals surface area contributed by atoms with E-state index in [-0.39, 0.29) is 11.3 Å². The number of carbonyl (C=O) groups excluding carboxylic acids is 1. The molecule has 0 saturated carbocycles. The van der Waals surface area contributed by atoms with Crippen LogP contribution < -0.4 is 5.73 Å². The van der Waals surface area contributed by atoms with Crippen molar-refractivity contribution in [3.05, 3.63) is 27.8 Å². The van der Waals surface area contributed by atoms with Gasteiger partial charge in [-0.15, -0.1) is 0 Å². The molecule has 1 aromatic rings. The SMILES string of the molecule is CC(=O)c1cc(N)cc([N+](=O)[O-])c1O. The number of hydrogen-bond donors (Lipinski definition) is 2. The third-order valence-corrected chi connectivity index (χ3v) is 1.69. The van der Waals surface area contributed by atoms with Crippen molar-refractivity contribution in [1.29, 1.82) is 0 Å². The van der Waals surface area contributed by atoms with Crippen LogP contribution >= 0.6 is 0 Å². The molecule has 0 aromatic heterocycles. The first-order chi connectivity index (χ1) is 6.43. The zero-order chi connectivity index (χ0) is 10.9. The van der Waals surface area contributed by atoms with Gasteiger partial charge in [0.1, 0.15) is 0 Å². The van der Waals surface area contributed by atoms with Gasteiger partial charge in [0, 0.05) is 11.8 Å². The minimum Gasteiger partial charge on any atom is -0.502 e. The molecule has 1 aromatic carbocycles. The molecule has 3 N–H and O–H groups in total. The lowest BCUT2D eigenvalue weighted by atomic mass is 10.1. The molecule has 0 heterocycles. The van der Waals surface area contributed by atoms with Crippen LogP contribution in [-0.2, 0) is 0 Å². The number of anilines is 1. The van der Waals surface area contributed by atoms with Crippen LogP contribution in [0.2, 0.25) is 0 Å². The predicted octanol–water partition coefficient (Wildman–Crippen LogP) is 1.09. The number of nitrogens with two attached hydrogens (primary N) is 1. The van der Waals surface area contributed by atoms with Crippen LogP contribution in [0.4, 0.5) is 11.4 Å². The molecule has 0 spiro atoms. The van der Waals surface area contributed by atoms with Gasteiger partial charge in [-0.05, 0) is 13.0 Å². The number of nitrogens with zero attached hydrogens (tertiary/aromatic N) is 1. The fourth-order valence-corrected chi connectivity index (χ4v) is 1.05. The normalized spacial score (nSPS) is 9.79. The highest BCUT2D eigenvalue weighted by Crippen LogP contribution is 2.32. The van der Waals surface area contributed by atoms with E-state index >= 15 is 0 Å². The van der Waals surface area contributed by atoms with Crippen LogP contribution in [0, 0.1) is 10.1 Å². The maximum atomic E-state index is 11.0. The number of nitro groups is 1. The summed E-state index contributed by atoms with van der Waals surface area (Å²) >= 11 is 0. The van der Waals surface area contributed by atoms with Gasteiger partial charge in [-0.1, -0.05) is 0 Å². The number of aromatic hydroxyl groups is 1. The number of phenolic OH excluding ortho intramolecular Hbond substituents is 1. The molecule has 0 aliphatic carbocycles. The lowest BCUT2D eigenvalue weighted by molar-refractivity contribution is -0.385. The largest absolute Gasteiger partial charge is 0.502 e. The highest BCUT2D eigenvalue weighted by Gasteiger charge is 2.20. The summed E-state index contributed by atoms with van der Waals surface area (Å²) in [5.74, 6) is -1.12. The molecule has 0 atom stereocenters. The third kappa shape index (κ3) is 1.63. The zero-order valence-electron chi connectivity index (χ0n) is 7.35. The van der Waals surface area contributed by atoms with Gasteiger partial charge >= 0.3 is 5.69 Å². The van der Waals surface area contributed by atoms with E-state index in [2.05, 4.69) is 0 Å². The number of phenols is 1. The molecular weight excluding hydrogens is 188 g/mol. The van der Waals surface area contributed by atoms with E-state index in [4.69, 9.17) is 5.73 Å². The average molecular weight is 196 g/mol. The van der Waals surface area contributed by atoms with Crippen molar-refractivity contribution in [3.63, 3.8) is 0 Å². The second-order valence-electron chi connectivity index (χ2n) is 2.75. The average Bonchev–Trinajstić information content (AvgIpc) is 2.07. The van der Waals surface area contributed by atoms with Crippen molar-refractivity contribution in [2.45, 2.75) is 6.92 Å². The van der Waals surface area contributed by atoms with Crippen molar-refractivity contribution in [2.24, 2.45) is 0 Å². The van der Waals surface area contributed by atoms with Gasteiger partial charge < -0.3 is 10.8 Å². The standard InChI is InChI=1S/C8H8N2O4/c1-4(11)6-2-5(9)3-7(8(6)12)10(13)14/h2-3,12H,9H2,1H3. The lowest BCUT2D eigenvalue weighted by Gasteiger charge is -2.02. The van der Waals surface area contributed by atoms with Gasteiger partial charge in [0.25, 0.3) is 0 Å². The molecule has 0 bridgehead atoms. The van der Waals surface area contributed by atoms with E-state index in [0.717, 1.165) is 6.07 Å². The minimum atomic E-state index is -0.794. The number of Topliss-reactive ketones (excluding diaryl/α,β-unsaturated/α-hetero) is 1. The summed E-state index contributed by atoms with van der Waals surface area (Å²) in [6, 6.07) is 2.20. The van der Waals surface area contributed by atoms with Crippen molar-refractivity contribution < 1.29 is 14.8 Å². The Morgan fingerprint density at radius 1 is 1.57 bits per heavy atom. The number of carbonyl (C=O) groups is 1. The summed E-state index contributed by atoms with van der Waals surface area (Å²) in [7, 11) is 0. The zero-order valence-corrected chi connectivity index (χ0v) is 7.35. The van der Waals surface area contributed by atoms with Crippen LogP contribution in [0.15, 0.2) is 12.1 Å². The van der Waals surface area contributed by atoms with E-state index in [0.29, 0.717) is 0 Å². The molecule has 0 aliphatic rings. The van der Waals surface area contributed by atoms with Crippen LogP contribution in [0.1, 0.15) is 17.3 Å². The number of ketones is 1.